The first-order valence-electron chi connectivity index (χ1n) is 9.53. The summed E-state index contributed by atoms with van der Waals surface area (Å²) in [5, 5.41) is 14.8. The number of nitrogens with zero attached hydrogens (tertiary/aromatic N) is 1. The van der Waals surface area contributed by atoms with Gasteiger partial charge in [-0.1, -0.05) is 23.7 Å². The molecule has 6 nitrogen and oxygen atoms in total. The van der Waals surface area contributed by atoms with Crippen LogP contribution in [0.2, 0.25) is 5.02 Å². The Morgan fingerprint density at radius 1 is 1.26 bits per heavy atom. The fraction of sp³-hybridized carbons (Fsp3) is 0.182. The van der Waals surface area contributed by atoms with Crippen molar-refractivity contribution in [2.75, 3.05) is 13.2 Å². The molecule has 1 atom stereocenters. The number of amides is 1. The van der Waals surface area contributed by atoms with Gasteiger partial charge in [-0.3, -0.25) is 9.36 Å². The minimum atomic E-state index is -3.74. The predicted octanol–water partition coefficient (Wildman–Crippen LogP) is 5.88. The second-order valence-electron chi connectivity index (χ2n) is 6.87. The van der Waals surface area contributed by atoms with Crippen LogP contribution in [0.15, 0.2) is 54.0 Å². The van der Waals surface area contributed by atoms with Crippen LogP contribution in [-0.4, -0.2) is 19.1 Å². The molecule has 3 aromatic rings. The first kappa shape index (κ1) is 21.8. The van der Waals surface area contributed by atoms with E-state index in [4.69, 9.17) is 25.9 Å². The third-order valence-corrected chi connectivity index (χ3v) is 8.22. The van der Waals surface area contributed by atoms with E-state index in [9.17, 15) is 9.36 Å². The van der Waals surface area contributed by atoms with Gasteiger partial charge in [0.1, 0.15) is 0 Å². The van der Waals surface area contributed by atoms with Crippen LogP contribution >= 0.6 is 30.5 Å². The summed E-state index contributed by atoms with van der Waals surface area (Å²) >= 11 is 7.60. The zero-order valence-electron chi connectivity index (χ0n) is 16.3. The Morgan fingerprint density at radius 3 is 2.84 bits per heavy atom. The van der Waals surface area contributed by atoms with Crippen LogP contribution < -0.4 is 5.32 Å². The van der Waals surface area contributed by atoms with Crippen LogP contribution in [0.25, 0.3) is 16.2 Å². The lowest BCUT2D eigenvalue weighted by atomic mass is 10.1. The number of fused-ring (bicyclic) bond motifs is 1. The van der Waals surface area contributed by atoms with Gasteiger partial charge >= 0.3 is 7.60 Å². The molecule has 1 amide bonds. The molecule has 9 heteroatoms. The highest BCUT2D eigenvalue weighted by molar-refractivity contribution is 7.55. The molecule has 0 spiro atoms. The number of hydrogen-bond acceptors (Lipinski definition) is 6. The highest BCUT2D eigenvalue weighted by Gasteiger charge is 2.45. The maximum absolute atomic E-state index is 13.5. The summed E-state index contributed by atoms with van der Waals surface area (Å²) in [6, 6.07) is 14.4. The van der Waals surface area contributed by atoms with Crippen molar-refractivity contribution in [2.45, 2.75) is 12.1 Å². The summed E-state index contributed by atoms with van der Waals surface area (Å²) in [6.45, 7) is 0.529. The summed E-state index contributed by atoms with van der Waals surface area (Å²) in [5.74, 6) is -0.502. The SMILES string of the molecule is N#Cc1cccc(/C=C/NC(=O)C(c2csc3ccc(Cl)cc23)P2(=O)OCCCO2)c1. The molecule has 0 bridgehead atoms. The number of carbonyl (C=O) groups is 1. The molecular weight excluding hydrogens is 455 g/mol. The van der Waals surface area contributed by atoms with Gasteiger partial charge < -0.3 is 14.4 Å². The van der Waals surface area contributed by atoms with Gasteiger partial charge in [0.05, 0.1) is 24.8 Å². The van der Waals surface area contributed by atoms with E-state index in [1.807, 2.05) is 12.1 Å². The van der Waals surface area contributed by atoms with Gasteiger partial charge in [-0.25, -0.2) is 0 Å². The molecule has 1 saturated heterocycles. The number of carbonyl (C=O) groups excluding carboxylic acids is 1. The van der Waals surface area contributed by atoms with Crippen molar-refractivity contribution < 1.29 is 18.4 Å². The molecule has 1 unspecified atom stereocenters. The van der Waals surface area contributed by atoms with Gasteiger partial charge in [0.25, 0.3) is 0 Å². The average Bonchev–Trinajstić information content (AvgIpc) is 3.17. The maximum Gasteiger partial charge on any atom is 0.347 e. The number of benzene rings is 2. The normalized spacial score (nSPS) is 16.8. The monoisotopic (exact) mass is 472 g/mol. The highest BCUT2D eigenvalue weighted by Crippen LogP contribution is 2.63. The fourth-order valence-electron chi connectivity index (χ4n) is 3.33. The molecule has 2 heterocycles. The van der Waals surface area contributed by atoms with Crippen molar-refractivity contribution in [3.8, 4) is 6.07 Å². The minimum absolute atomic E-state index is 0.265. The molecule has 1 N–H and O–H groups in total. The summed E-state index contributed by atoms with van der Waals surface area (Å²) in [6.07, 6.45) is 3.74. The van der Waals surface area contributed by atoms with Gasteiger partial charge in [-0.2, -0.15) is 5.26 Å². The number of thiophene rings is 1. The average molecular weight is 473 g/mol. The van der Waals surface area contributed by atoms with E-state index in [0.717, 1.165) is 15.6 Å². The van der Waals surface area contributed by atoms with E-state index in [2.05, 4.69) is 11.4 Å². The molecule has 2 aromatic carbocycles. The molecule has 0 saturated carbocycles. The van der Waals surface area contributed by atoms with Crippen molar-refractivity contribution >= 4 is 52.6 Å². The van der Waals surface area contributed by atoms with E-state index in [0.29, 0.717) is 22.6 Å². The smallest absolute Gasteiger partial charge is 0.332 e. The van der Waals surface area contributed by atoms with Gasteiger partial charge in [-0.05, 0) is 64.7 Å². The van der Waals surface area contributed by atoms with Gasteiger partial charge in [0.2, 0.25) is 5.91 Å². The van der Waals surface area contributed by atoms with E-state index < -0.39 is 19.2 Å². The van der Waals surface area contributed by atoms with Crippen molar-refractivity contribution in [1.29, 1.82) is 5.26 Å². The molecule has 0 radical (unpaired) electrons. The van der Waals surface area contributed by atoms with Crippen molar-refractivity contribution in [3.05, 3.63) is 75.8 Å². The van der Waals surface area contributed by atoms with Crippen molar-refractivity contribution in [2.24, 2.45) is 0 Å². The van der Waals surface area contributed by atoms with E-state index in [1.54, 1.807) is 41.8 Å². The van der Waals surface area contributed by atoms with E-state index in [-0.39, 0.29) is 13.2 Å². The molecule has 1 fully saturated rings. The Morgan fingerprint density at radius 2 is 2.06 bits per heavy atom. The van der Waals surface area contributed by atoms with Crippen LogP contribution in [0.3, 0.4) is 0 Å². The van der Waals surface area contributed by atoms with Crippen LogP contribution in [0.4, 0.5) is 0 Å². The summed E-state index contributed by atoms with van der Waals surface area (Å²) < 4.78 is 25.5. The summed E-state index contributed by atoms with van der Waals surface area (Å²) in [5.41, 5.74) is 0.696. The zero-order chi connectivity index (χ0) is 21.8. The fourth-order valence-corrected chi connectivity index (χ4v) is 6.62. The zero-order valence-corrected chi connectivity index (χ0v) is 18.8. The Balaban J connectivity index is 1.66. The van der Waals surface area contributed by atoms with Crippen LogP contribution in [0.1, 0.15) is 28.8 Å². The summed E-state index contributed by atoms with van der Waals surface area (Å²) in [4.78, 5) is 13.2. The Hall–Kier alpha value is -2.46. The van der Waals surface area contributed by atoms with Crippen LogP contribution in [-0.2, 0) is 18.4 Å². The summed E-state index contributed by atoms with van der Waals surface area (Å²) in [7, 11) is -3.74. The Bertz CT molecular complexity index is 1240. The Labute approximate surface area is 188 Å². The van der Waals surface area contributed by atoms with Gasteiger partial charge in [-0.15, -0.1) is 11.3 Å². The standard InChI is InChI=1S/C22H18ClN2O4PS/c23-17-5-6-20-18(12-17)19(14-31-20)21(30(27)28-9-2-10-29-30)22(26)25-8-7-15-3-1-4-16(11-15)13-24/h1,3-8,11-12,14,21H,2,9-10H2,(H,25,26)/b8-7+. The lowest BCUT2D eigenvalue weighted by Gasteiger charge is -2.29. The number of halogens is 1. The second kappa shape index (κ2) is 9.35. The molecule has 31 heavy (non-hydrogen) atoms. The van der Waals surface area contributed by atoms with Gasteiger partial charge in [0, 0.05) is 15.9 Å². The molecule has 158 valence electrons. The molecular formula is C22H18ClN2O4PS. The number of rotatable bonds is 5. The van der Waals surface area contributed by atoms with Crippen LogP contribution in [0.5, 0.6) is 0 Å². The van der Waals surface area contributed by atoms with E-state index >= 15 is 0 Å². The topological polar surface area (TPSA) is 88.4 Å². The molecule has 1 aromatic heterocycles. The molecule has 1 aliphatic heterocycles. The largest absolute Gasteiger partial charge is 0.347 e. The van der Waals surface area contributed by atoms with Crippen molar-refractivity contribution in [1.82, 2.24) is 5.32 Å². The lowest BCUT2D eigenvalue weighted by molar-refractivity contribution is -0.120. The molecule has 0 aliphatic carbocycles. The lowest BCUT2D eigenvalue weighted by Crippen LogP contribution is -2.28. The third-order valence-electron chi connectivity index (χ3n) is 4.77. The first-order valence-corrected chi connectivity index (χ1v) is 12.4. The third kappa shape index (κ3) is 4.74. The molecule has 4 rings (SSSR count). The van der Waals surface area contributed by atoms with Gasteiger partial charge in [0.15, 0.2) is 5.66 Å². The maximum atomic E-state index is 13.5. The quantitative estimate of drug-likeness (QED) is 0.468. The predicted molar refractivity (Wildman–Crippen MR) is 122 cm³/mol. The number of nitriles is 1. The first-order chi connectivity index (χ1) is 15.0. The Kier molecular flexibility index (Phi) is 6.57. The second-order valence-corrected chi connectivity index (χ2v) is 10.3. The van der Waals surface area contributed by atoms with E-state index in [1.165, 1.54) is 17.5 Å². The number of nitrogens with one attached hydrogen (secondary N) is 1. The van der Waals surface area contributed by atoms with Crippen molar-refractivity contribution in [3.63, 3.8) is 0 Å². The molecule has 1 aliphatic rings. The number of hydrogen-bond donors (Lipinski definition) is 1. The minimum Gasteiger partial charge on any atom is -0.332 e. The highest BCUT2D eigenvalue weighted by atomic mass is 35.5. The van der Waals surface area contributed by atoms with Crippen LogP contribution in [0, 0.1) is 11.3 Å².